The van der Waals surface area contributed by atoms with E-state index in [4.69, 9.17) is 9.97 Å². The maximum absolute atomic E-state index is 5.12. The van der Waals surface area contributed by atoms with Gasteiger partial charge in [-0.25, -0.2) is 9.97 Å². The van der Waals surface area contributed by atoms with Crippen LogP contribution in [-0.4, -0.2) is 19.1 Å². The summed E-state index contributed by atoms with van der Waals surface area (Å²) >= 11 is 4.69. The lowest BCUT2D eigenvalue weighted by Gasteiger charge is -2.12. The fraction of sp³-hybridized carbons (Fsp3) is 0. The first-order valence-electron chi connectivity index (χ1n) is 19.2. The molecule has 0 N–H and O–H groups in total. The molecule has 4 nitrogen and oxygen atoms in total. The molecule has 0 spiro atoms. The average Bonchev–Trinajstić information content (AvgIpc) is 3.79. The predicted molar refractivity (Wildman–Crippen MR) is 258 cm³/mol. The average molecular weight is 967 g/mol. The van der Waals surface area contributed by atoms with Gasteiger partial charge >= 0.3 is 0 Å². The molecule has 0 radical (unpaired) electrons. The van der Waals surface area contributed by atoms with E-state index in [9.17, 15) is 0 Å². The molecule has 8 aromatic carbocycles. The largest absolute Gasteiger partial charge is 0.309 e. The van der Waals surface area contributed by atoms with Gasteiger partial charge in [0.05, 0.1) is 33.5 Å². The van der Waals surface area contributed by atoms with Crippen LogP contribution in [0, 0.1) is 7.14 Å². The quantitative estimate of drug-likeness (QED) is 0.156. The van der Waals surface area contributed by atoms with Crippen LogP contribution >= 0.6 is 45.2 Å². The van der Waals surface area contributed by atoms with Crippen molar-refractivity contribution in [3.63, 3.8) is 0 Å². The van der Waals surface area contributed by atoms with Crippen molar-refractivity contribution in [3.05, 3.63) is 201 Å². The lowest BCUT2D eigenvalue weighted by Crippen LogP contribution is -1.97. The number of hydrogen-bond acceptors (Lipinski definition) is 2. The molecule has 0 fully saturated rings. The highest BCUT2D eigenvalue weighted by atomic mass is 127. The zero-order valence-electron chi connectivity index (χ0n) is 31.0. The second-order valence-corrected chi connectivity index (χ2v) is 17.0. The smallest absolute Gasteiger partial charge is 0.160 e. The fourth-order valence-corrected chi connectivity index (χ4v) is 9.03. The zero-order chi connectivity index (χ0) is 38.7. The molecule has 0 aliphatic rings. The van der Waals surface area contributed by atoms with Crippen molar-refractivity contribution in [2.24, 2.45) is 0 Å². The number of aromatic nitrogens is 4. The summed E-state index contributed by atoms with van der Waals surface area (Å²) in [5.41, 5.74) is 14.2. The van der Waals surface area contributed by atoms with E-state index >= 15 is 0 Å². The number of rotatable bonds is 6. The zero-order valence-corrected chi connectivity index (χ0v) is 35.3. The molecule has 6 heteroatoms. The second kappa shape index (κ2) is 14.4. The third-order valence-corrected chi connectivity index (χ3v) is 12.5. The fourth-order valence-electron chi connectivity index (χ4n) is 8.31. The summed E-state index contributed by atoms with van der Waals surface area (Å²) in [6, 6.07) is 69.6. The Labute approximate surface area is 362 Å². The topological polar surface area (TPSA) is 35.6 Å². The van der Waals surface area contributed by atoms with Crippen molar-refractivity contribution in [2.75, 3.05) is 0 Å². The first-order valence-corrected chi connectivity index (χ1v) is 21.4. The van der Waals surface area contributed by atoms with E-state index in [0.717, 1.165) is 45.0 Å². The van der Waals surface area contributed by atoms with E-state index in [1.54, 1.807) is 0 Å². The van der Waals surface area contributed by atoms with Crippen molar-refractivity contribution in [2.45, 2.75) is 0 Å². The Hall–Kier alpha value is -6.10. The molecular weight excluding hydrogens is 934 g/mol. The number of para-hydroxylation sites is 3. The summed E-state index contributed by atoms with van der Waals surface area (Å²) < 4.78 is 7.13. The second-order valence-electron chi connectivity index (χ2n) is 14.5. The molecule has 0 unspecified atom stereocenters. The van der Waals surface area contributed by atoms with Crippen LogP contribution in [0.5, 0.6) is 0 Å². The highest BCUT2D eigenvalue weighted by molar-refractivity contribution is 14.1. The molecule has 3 heterocycles. The summed E-state index contributed by atoms with van der Waals surface area (Å²) in [4.78, 5) is 10.2. The number of halogens is 2. The van der Waals surface area contributed by atoms with E-state index in [1.807, 2.05) is 0 Å². The van der Waals surface area contributed by atoms with Gasteiger partial charge in [-0.2, -0.15) is 0 Å². The molecule has 274 valence electrons. The molecular formula is C52H32I2N4. The van der Waals surface area contributed by atoms with E-state index in [-0.39, 0.29) is 0 Å². The van der Waals surface area contributed by atoms with Crippen LogP contribution in [-0.2, 0) is 0 Å². The Kier molecular flexibility index (Phi) is 8.70. The molecule has 0 bridgehead atoms. The maximum atomic E-state index is 5.12. The summed E-state index contributed by atoms with van der Waals surface area (Å²) in [5, 5.41) is 4.94. The molecule has 0 aliphatic heterocycles. The van der Waals surface area contributed by atoms with Crippen LogP contribution in [0.15, 0.2) is 194 Å². The molecule has 3 aromatic heterocycles. The van der Waals surface area contributed by atoms with E-state index in [1.165, 1.54) is 56.4 Å². The normalized spacial score (nSPS) is 11.6. The monoisotopic (exact) mass is 966 g/mol. The minimum Gasteiger partial charge on any atom is -0.309 e. The van der Waals surface area contributed by atoms with Gasteiger partial charge in [0.1, 0.15) is 0 Å². The maximum Gasteiger partial charge on any atom is 0.160 e. The van der Waals surface area contributed by atoms with Crippen molar-refractivity contribution in [1.82, 2.24) is 19.1 Å². The van der Waals surface area contributed by atoms with Crippen LogP contribution in [0.3, 0.4) is 0 Å². The molecule has 0 saturated heterocycles. The Bertz CT molecular complexity index is 3270. The molecule has 0 aliphatic carbocycles. The minimum absolute atomic E-state index is 0.699. The Morgan fingerprint density at radius 2 is 0.759 bits per heavy atom. The van der Waals surface area contributed by atoms with Crippen molar-refractivity contribution >= 4 is 88.8 Å². The van der Waals surface area contributed by atoms with Crippen LogP contribution in [0.1, 0.15) is 0 Å². The number of nitrogens with zero attached hydrogens (tertiary/aromatic N) is 4. The molecule has 11 rings (SSSR count). The summed E-state index contributed by atoms with van der Waals surface area (Å²) in [6.07, 6.45) is 0. The van der Waals surface area contributed by atoms with Gasteiger partial charge in [0, 0.05) is 56.8 Å². The molecule has 11 aromatic rings. The van der Waals surface area contributed by atoms with Gasteiger partial charge in [0.25, 0.3) is 0 Å². The SMILES string of the molecule is Ic1ccc(-c2cc(-c3ccc(I)cc3)nc(-c3ccc(-n4c5ccccc5c5ccc(-c6ccc7c(c6)c6ccccc6n7-c6ccccc6)cc54)cc3)n2)cc1. The summed E-state index contributed by atoms with van der Waals surface area (Å²) in [6.45, 7) is 0. The van der Waals surface area contributed by atoms with Gasteiger partial charge in [-0.05, 0) is 153 Å². The van der Waals surface area contributed by atoms with Gasteiger partial charge in [0.15, 0.2) is 5.82 Å². The van der Waals surface area contributed by atoms with E-state index < -0.39 is 0 Å². The molecule has 0 saturated carbocycles. The first kappa shape index (κ1) is 35.1. The predicted octanol–water partition coefficient (Wildman–Crippen LogP) is 14.5. The van der Waals surface area contributed by atoms with Gasteiger partial charge in [-0.3, -0.25) is 0 Å². The van der Waals surface area contributed by atoms with Gasteiger partial charge in [-0.15, -0.1) is 0 Å². The van der Waals surface area contributed by atoms with Crippen molar-refractivity contribution < 1.29 is 0 Å². The van der Waals surface area contributed by atoms with Crippen molar-refractivity contribution in [3.8, 4) is 56.4 Å². The van der Waals surface area contributed by atoms with E-state index in [0.29, 0.717) is 5.82 Å². The van der Waals surface area contributed by atoms with Crippen LogP contribution < -0.4 is 0 Å². The highest BCUT2D eigenvalue weighted by Gasteiger charge is 2.17. The lowest BCUT2D eigenvalue weighted by molar-refractivity contribution is 1.16. The van der Waals surface area contributed by atoms with Gasteiger partial charge in [0.2, 0.25) is 0 Å². The molecule has 0 amide bonds. The number of benzene rings is 8. The molecule has 58 heavy (non-hydrogen) atoms. The van der Waals surface area contributed by atoms with Crippen LogP contribution in [0.2, 0.25) is 0 Å². The van der Waals surface area contributed by atoms with Crippen molar-refractivity contribution in [1.29, 1.82) is 0 Å². The number of fused-ring (bicyclic) bond motifs is 6. The standard InChI is InChI=1S/C52H32I2N4/c53-38-22-14-33(15-23-38)46-32-47(34-16-24-39(54)25-17-34)56-52(55-46)35-18-26-41(27-19-35)58-48-12-6-4-10-42(48)44-28-20-37(31-51(44)58)36-21-29-50-45(30-36)43-11-5-7-13-49(43)57(50)40-8-2-1-3-9-40/h1-32H. The van der Waals surface area contributed by atoms with E-state index in [2.05, 4.69) is 248 Å². The Balaban J connectivity index is 1.03. The van der Waals surface area contributed by atoms with Crippen LogP contribution in [0.25, 0.3) is 100 Å². The Morgan fingerprint density at radius 1 is 0.310 bits per heavy atom. The summed E-state index contributed by atoms with van der Waals surface area (Å²) in [5.74, 6) is 0.699. The van der Waals surface area contributed by atoms with Gasteiger partial charge < -0.3 is 9.13 Å². The minimum atomic E-state index is 0.699. The summed E-state index contributed by atoms with van der Waals surface area (Å²) in [7, 11) is 0. The Morgan fingerprint density at radius 3 is 1.40 bits per heavy atom. The number of hydrogen-bond donors (Lipinski definition) is 0. The van der Waals surface area contributed by atoms with Gasteiger partial charge in [-0.1, -0.05) is 97.1 Å². The molecule has 0 atom stereocenters. The van der Waals surface area contributed by atoms with Crippen LogP contribution in [0.4, 0.5) is 0 Å². The first-order chi connectivity index (χ1) is 28.6. The third-order valence-electron chi connectivity index (χ3n) is 11.1. The third kappa shape index (κ3) is 6.10. The lowest BCUT2D eigenvalue weighted by atomic mass is 10.0. The highest BCUT2D eigenvalue weighted by Crippen LogP contribution is 2.39.